The normalized spacial score (nSPS) is 14.3. The summed E-state index contributed by atoms with van der Waals surface area (Å²) in [6.07, 6.45) is 4.31. The van der Waals surface area contributed by atoms with Gasteiger partial charge in [-0.05, 0) is 96.5 Å². The van der Waals surface area contributed by atoms with Crippen molar-refractivity contribution < 1.29 is 14.3 Å². The van der Waals surface area contributed by atoms with Crippen LogP contribution in [0.4, 0.5) is 5.69 Å². The molecule has 178 valence electrons. The Morgan fingerprint density at radius 2 is 1.80 bits per heavy atom. The minimum atomic E-state index is -0.157. The third kappa shape index (κ3) is 5.82. The highest BCUT2D eigenvalue weighted by molar-refractivity contribution is 14.1. The zero-order chi connectivity index (χ0) is 24.8. The number of amides is 1. The van der Waals surface area contributed by atoms with Crippen LogP contribution in [0.2, 0.25) is 0 Å². The first-order valence-corrected chi connectivity index (χ1v) is 12.5. The molecule has 0 radical (unpaired) electrons. The maximum absolute atomic E-state index is 13.2. The van der Waals surface area contributed by atoms with Gasteiger partial charge in [-0.25, -0.2) is 0 Å². The molecule has 0 saturated heterocycles. The zero-order valence-corrected chi connectivity index (χ0v) is 22.0. The van der Waals surface area contributed by atoms with E-state index in [0.29, 0.717) is 42.4 Å². The standard InChI is InChI=1S/C29H27IN2O3/c1-4-9-23-16-22(17-26-20(3)31-32(29(26)33)25-10-7-6-8-11-25)18-27(34-5-2)28(23)35-19-21-12-14-24(30)15-13-21/h4,6-8,10-18H,1,5,9,19H2,2-3H3/b26-17+. The molecular formula is C29H27IN2O3. The van der Waals surface area contributed by atoms with Crippen LogP contribution in [0.15, 0.2) is 90.1 Å². The van der Waals surface area contributed by atoms with E-state index in [4.69, 9.17) is 9.47 Å². The van der Waals surface area contributed by atoms with E-state index in [-0.39, 0.29) is 5.91 Å². The number of hydrazone groups is 1. The number of allylic oxidation sites excluding steroid dienone is 1. The summed E-state index contributed by atoms with van der Waals surface area (Å²) in [6, 6.07) is 21.6. The lowest BCUT2D eigenvalue weighted by molar-refractivity contribution is -0.114. The van der Waals surface area contributed by atoms with Crippen LogP contribution in [0, 0.1) is 3.57 Å². The van der Waals surface area contributed by atoms with E-state index in [9.17, 15) is 4.79 Å². The van der Waals surface area contributed by atoms with Gasteiger partial charge >= 0.3 is 0 Å². The lowest BCUT2D eigenvalue weighted by atomic mass is 10.0. The Bertz CT molecular complexity index is 1280. The van der Waals surface area contributed by atoms with Crippen LogP contribution in [0.3, 0.4) is 0 Å². The van der Waals surface area contributed by atoms with Crippen LogP contribution in [0.25, 0.3) is 6.08 Å². The molecule has 0 unspecified atom stereocenters. The zero-order valence-electron chi connectivity index (χ0n) is 19.8. The number of carbonyl (C=O) groups is 1. The lowest BCUT2D eigenvalue weighted by Gasteiger charge is -2.17. The van der Waals surface area contributed by atoms with Gasteiger partial charge in [0.05, 0.1) is 23.6 Å². The van der Waals surface area contributed by atoms with Gasteiger partial charge in [-0.2, -0.15) is 10.1 Å². The smallest absolute Gasteiger partial charge is 0.280 e. The van der Waals surface area contributed by atoms with Gasteiger partial charge in [0, 0.05) is 9.13 Å². The van der Waals surface area contributed by atoms with E-state index in [1.807, 2.05) is 68.5 Å². The number of benzene rings is 3. The van der Waals surface area contributed by atoms with Gasteiger partial charge < -0.3 is 9.47 Å². The molecule has 1 amide bonds. The fourth-order valence-electron chi connectivity index (χ4n) is 3.83. The van der Waals surface area contributed by atoms with Crippen molar-refractivity contribution in [3.8, 4) is 11.5 Å². The molecule has 1 heterocycles. The summed E-state index contributed by atoms with van der Waals surface area (Å²) in [5.41, 5.74) is 4.83. The Kier molecular flexibility index (Phi) is 8.02. The molecule has 1 aliphatic heterocycles. The number of anilines is 1. The first kappa shape index (κ1) is 24.7. The number of hydrogen-bond donors (Lipinski definition) is 0. The van der Waals surface area contributed by atoms with Crippen molar-refractivity contribution in [2.75, 3.05) is 11.6 Å². The van der Waals surface area contributed by atoms with Gasteiger partial charge in [0.25, 0.3) is 5.91 Å². The minimum Gasteiger partial charge on any atom is -0.490 e. The molecule has 3 aromatic carbocycles. The molecule has 6 heteroatoms. The number of halogens is 1. The van der Waals surface area contributed by atoms with Crippen molar-refractivity contribution in [1.29, 1.82) is 0 Å². The fraction of sp³-hybridized carbons (Fsp3) is 0.172. The highest BCUT2D eigenvalue weighted by Crippen LogP contribution is 2.36. The van der Waals surface area contributed by atoms with Gasteiger partial charge in [-0.3, -0.25) is 4.79 Å². The summed E-state index contributed by atoms with van der Waals surface area (Å²) in [6.45, 7) is 8.62. The molecule has 0 N–H and O–H groups in total. The predicted octanol–water partition coefficient (Wildman–Crippen LogP) is 6.80. The van der Waals surface area contributed by atoms with E-state index in [0.717, 1.165) is 22.4 Å². The van der Waals surface area contributed by atoms with Crippen LogP contribution < -0.4 is 14.5 Å². The molecule has 0 fully saturated rings. The van der Waals surface area contributed by atoms with E-state index in [1.54, 1.807) is 0 Å². The van der Waals surface area contributed by atoms with E-state index >= 15 is 0 Å². The fourth-order valence-corrected chi connectivity index (χ4v) is 4.19. The summed E-state index contributed by atoms with van der Waals surface area (Å²) in [7, 11) is 0. The highest BCUT2D eigenvalue weighted by atomic mass is 127. The monoisotopic (exact) mass is 578 g/mol. The SMILES string of the molecule is C=CCc1cc(/C=C2/C(=O)N(c3ccccc3)N=C2C)cc(OCC)c1OCc1ccc(I)cc1. The molecule has 1 aliphatic rings. The minimum absolute atomic E-state index is 0.157. The van der Waals surface area contributed by atoms with E-state index in [2.05, 4.69) is 58.5 Å². The summed E-state index contributed by atoms with van der Waals surface area (Å²) >= 11 is 2.29. The molecule has 0 atom stereocenters. The van der Waals surface area contributed by atoms with Gasteiger partial charge in [0.2, 0.25) is 0 Å². The maximum atomic E-state index is 13.2. The van der Waals surface area contributed by atoms with E-state index < -0.39 is 0 Å². The quantitative estimate of drug-likeness (QED) is 0.159. The first-order valence-electron chi connectivity index (χ1n) is 11.4. The Balaban J connectivity index is 1.67. The van der Waals surface area contributed by atoms with E-state index in [1.165, 1.54) is 8.58 Å². The Labute approximate surface area is 219 Å². The second-order valence-corrected chi connectivity index (χ2v) is 9.29. The van der Waals surface area contributed by atoms with Crippen molar-refractivity contribution in [3.63, 3.8) is 0 Å². The van der Waals surface area contributed by atoms with Crippen LogP contribution in [-0.4, -0.2) is 18.2 Å². The Morgan fingerprint density at radius 3 is 2.49 bits per heavy atom. The molecule has 0 saturated carbocycles. The average Bonchev–Trinajstić information content (AvgIpc) is 3.14. The molecule has 5 nitrogen and oxygen atoms in total. The first-order chi connectivity index (χ1) is 17.0. The molecule has 0 bridgehead atoms. The maximum Gasteiger partial charge on any atom is 0.280 e. The largest absolute Gasteiger partial charge is 0.490 e. The lowest BCUT2D eigenvalue weighted by Crippen LogP contribution is -2.21. The summed E-state index contributed by atoms with van der Waals surface area (Å²) in [5.74, 6) is 1.18. The van der Waals surface area contributed by atoms with Gasteiger partial charge in [-0.15, -0.1) is 6.58 Å². The number of ether oxygens (including phenoxy) is 2. The third-order valence-corrected chi connectivity index (χ3v) is 6.21. The summed E-state index contributed by atoms with van der Waals surface area (Å²) in [5, 5.41) is 5.92. The molecule has 0 spiro atoms. The van der Waals surface area contributed by atoms with Gasteiger partial charge in [-0.1, -0.05) is 36.4 Å². The Hall–Kier alpha value is -3.39. The van der Waals surface area contributed by atoms with Crippen LogP contribution in [0.5, 0.6) is 11.5 Å². The third-order valence-electron chi connectivity index (χ3n) is 5.49. The summed E-state index contributed by atoms with van der Waals surface area (Å²) in [4.78, 5) is 13.2. The van der Waals surface area contributed by atoms with Gasteiger partial charge in [0.15, 0.2) is 11.5 Å². The molecule has 35 heavy (non-hydrogen) atoms. The number of para-hydroxylation sites is 1. The van der Waals surface area contributed by atoms with Crippen LogP contribution in [-0.2, 0) is 17.8 Å². The number of rotatable bonds is 9. The van der Waals surface area contributed by atoms with Crippen molar-refractivity contribution >= 4 is 46.0 Å². The van der Waals surface area contributed by atoms with Crippen molar-refractivity contribution in [3.05, 3.63) is 105 Å². The molecule has 4 rings (SSSR count). The van der Waals surface area contributed by atoms with Crippen molar-refractivity contribution in [2.24, 2.45) is 5.10 Å². The average molecular weight is 578 g/mol. The second kappa shape index (κ2) is 11.4. The number of carbonyl (C=O) groups excluding carboxylic acids is 1. The van der Waals surface area contributed by atoms with Crippen molar-refractivity contribution in [1.82, 2.24) is 0 Å². The molecule has 0 aliphatic carbocycles. The van der Waals surface area contributed by atoms with Crippen LogP contribution >= 0.6 is 22.6 Å². The molecule has 0 aromatic heterocycles. The summed E-state index contributed by atoms with van der Waals surface area (Å²) < 4.78 is 13.4. The molecule has 3 aromatic rings. The Morgan fingerprint density at radius 1 is 1.06 bits per heavy atom. The topological polar surface area (TPSA) is 51.1 Å². The second-order valence-electron chi connectivity index (χ2n) is 8.04. The molecular weight excluding hydrogens is 551 g/mol. The number of nitrogens with zero attached hydrogens (tertiary/aromatic N) is 2. The van der Waals surface area contributed by atoms with Crippen molar-refractivity contribution in [2.45, 2.75) is 26.9 Å². The predicted molar refractivity (Wildman–Crippen MR) is 150 cm³/mol. The highest BCUT2D eigenvalue weighted by Gasteiger charge is 2.28. The number of hydrogen-bond acceptors (Lipinski definition) is 4. The van der Waals surface area contributed by atoms with Gasteiger partial charge in [0.1, 0.15) is 6.61 Å². The van der Waals surface area contributed by atoms with Crippen LogP contribution in [0.1, 0.15) is 30.5 Å².